The van der Waals surface area contributed by atoms with Crippen LogP contribution in [0.4, 0.5) is 0 Å². The Bertz CT molecular complexity index is 551. The van der Waals surface area contributed by atoms with Gasteiger partial charge in [-0.1, -0.05) is 17.7 Å². The molecule has 0 aromatic carbocycles. The van der Waals surface area contributed by atoms with Gasteiger partial charge in [0.05, 0.1) is 16.5 Å². The predicted molar refractivity (Wildman–Crippen MR) is 64.6 cm³/mol. The summed E-state index contributed by atoms with van der Waals surface area (Å²) in [6.07, 6.45) is 3.67. The first-order valence-electron chi connectivity index (χ1n) is 5.48. The number of halogens is 1. The van der Waals surface area contributed by atoms with Crippen LogP contribution in [0.25, 0.3) is 0 Å². The second-order valence-electron chi connectivity index (χ2n) is 4.19. The van der Waals surface area contributed by atoms with Crippen LogP contribution in [0.15, 0.2) is 34.1 Å². The molecule has 0 aromatic heterocycles. The predicted octanol–water partition coefficient (Wildman–Crippen LogP) is 2.04. The van der Waals surface area contributed by atoms with Crippen molar-refractivity contribution in [2.75, 3.05) is 0 Å². The Hall–Kier alpha value is -1.68. The highest BCUT2D eigenvalue weighted by molar-refractivity contribution is 6.49. The Morgan fingerprint density at radius 2 is 2.11 bits per heavy atom. The standard InChI is InChI=1S/C13H11ClO4/c1-6-11(14)13(17)10-8(12(6)16)4-3-5-9(10)18-7(2)15/h3,5,8H,4H2,1-2H3. The molecular weight excluding hydrogens is 256 g/mol. The quantitative estimate of drug-likeness (QED) is 0.682. The number of rotatable bonds is 1. The van der Waals surface area contributed by atoms with E-state index in [1.807, 2.05) is 0 Å². The molecule has 1 unspecified atom stereocenters. The van der Waals surface area contributed by atoms with Crippen molar-refractivity contribution in [1.29, 1.82) is 0 Å². The molecular formula is C13H11ClO4. The summed E-state index contributed by atoms with van der Waals surface area (Å²) in [4.78, 5) is 35.1. The van der Waals surface area contributed by atoms with E-state index in [0.29, 0.717) is 6.42 Å². The Morgan fingerprint density at radius 3 is 2.72 bits per heavy atom. The van der Waals surface area contributed by atoms with E-state index in [4.69, 9.17) is 16.3 Å². The van der Waals surface area contributed by atoms with Crippen molar-refractivity contribution in [2.45, 2.75) is 20.3 Å². The third-order valence-corrected chi connectivity index (χ3v) is 3.42. The van der Waals surface area contributed by atoms with Gasteiger partial charge in [-0.15, -0.1) is 0 Å². The average molecular weight is 267 g/mol. The van der Waals surface area contributed by atoms with E-state index < -0.39 is 17.7 Å². The molecule has 0 saturated heterocycles. The van der Waals surface area contributed by atoms with Crippen LogP contribution < -0.4 is 0 Å². The van der Waals surface area contributed by atoms with Crippen molar-refractivity contribution in [1.82, 2.24) is 0 Å². The van der Waals surface area contributed by atoms with Gasteiger partial charge in [0.1, 0.15) is 5.76 Å². The number of allylic oxidation sites excluding steroid dienone is 5. The normalized spacial score (nSPS) is 23.4. The Morgan fingerprint density at radius 1 is 1.44 bits per heavy atom. The minimum absolute atomic E-state index is 0.0915. The molecule has 18 heavy (non-hydrogen) atoms. The lowest BCUT2D eigenvalue weighted by Gasteiger charge is -2.26. The van der Waals surface area contributed by atoms with Crippen molar-refractivity contribution in [3.05, 3.63) is 34.1 Å². The van der Waals surface area contributed by atoms with E-state index in [1.165, 1.54) is 19.9 Å². The molecule has 5 heteroatoms. The maximum atomic E-state index is 12.1. The number of carbonyl (C=O) groups excluding carboxylic acids is 3. The van der Waals surface area contributed by atoms with Gasteiger partial charge in [0, 0.05) is 12.5 Å². The average Bonchev–Trinajstić information content (AvgIpc) is 2.32. The first kappa shape index (κ1) is 12.8. The van der Waals surface area contributed by atoms with Crippen LogP contribution in [0.2, 0.25) is 0 Å². The van der Waals surface area contributed by atoms with Crippen LogP contribution in [-0.4, -0.2) is 17.5 Å². The van der Waals surface area contributed by atoms with Crippen LogP contribution in [0.3, 0.4) is 0 Å². The minimum Gasteiger partial charge on any atom is -0.426 e. The largest absolute Gasteiger partial charge is 0.426 e. The fourth-order valence-corrected chi connectivity index (χ4v) is 2.30. The molecule has 0 radical (unpaired) electrons. The summed E-state index contributed by atoms with van der Waals surface area (Å²) in [6, 6.07) is 0. The van der Waals surface area contributed by atoms with E-state index >= 15 is 0 Å². The highest BCUT2D eigenvalue weighted by Crippen LogP contribution is 2.37. The third kappa shape index (κ3) is 1.93. The third-order valence-electron chi connectivity index (χ3n) is 2.97. The van der Waals surface area contributed by atoms with Gasteiger partial charge >= 0.3 is 5.97 Å². The monoisotopic (exact) mass is 266 g/mol. The van der Waals surface area contributed by atoms with Crippen LogP contribution in [0.5, 0.6) is 0 Å². The zero-order valence-corrected chi connectivity index (χ0v) is 10.7. The van der Waals surface area contributed by atoms with E-state index in [2.05, 4.69) is 0 Å². The second kappa shape index (κ2) is 4.53. The molecule has 0 amide bonds. The van der Waals surface area contributed by atoms with Gasteiger partial charge in [0.25, 0.3) is 0 Å². The summed E-state index contributed by atoms with van der Waals surface area (Å²) < 4.78 is 4.96. The number of hydrogen-bond donors (Lipinski definition) is 0. The molecule has 0 saturated carbocycles. The first-order valence-corrected chi connectivity index (χ1v) is 5.85. The lowest BCUT2D eigenvalue weighted by Crippen LogP contribution is -2.31. The van der Waals surface area contributed by atoms with Crippen LogP contribution in [-0.2, 0) is 19.1 Å². The fraction of sp³-hybridized carbons (Fsp3) is 0.308. The minimum atomic E-state index is -0.584. The number of ketones is 2. The number of Topliss-reactive ketones (excluding diaryl/α,β-unsaturated/α-hetero) is 2. The van der Waals surface area contributed by atoms with Crippen molar-refractivity contribution in [3.63, 3.8) is 0 Å². The Balaban J connectivity index is 2.57. The number of carbonyl (C=O) groups is 3. The molecule has 1 atom stereocenters. The molecule has 0 N–H and O–H groups in total. The lowest BCUT2D eigenvalue weighted by molar-refractivity contribution is -0.136. The number of hydrogen-bond acceptors (Lipinski definition) is 4. The van der Waals surface area contributed by atoms with Crippen molar-refractivity contribution in [2.24, 2.45) is 5.92 Å². The highest BCUT2D eigenvalue weighted by Gasteiger charge is 2.39. The maximum Gasteiger partial charge on any atom is 0.308 e. The topological polar surface area (TPSA) is 60.4 Å². The zero-order chi connectivity index (χ0) is 13.4. The van der Waals surface area contributed by atoms with E-state index in [9.17, 15) is 14.4 Å². The molecule has 4 nitrogen and oxygen atoms in total. The molecule has 2 aliphatic carbocycles. The molecule has 94 valence electrons. The Kier molecular flexibility index (Phi) is 3.22. The smallest absolute Gasteiger partial charge is 0.308 e. The number of ether oxygens (including phenoxy) is 1. The van der Waals surface area contributed by atoms with Crippen molar-refractivity contribution >= 4 is 29.1 Å². The van der Waals surface area contributed by atoms with Gasteiger partial charge in [0.2, 0.25) is 5.78 Å². The van der Waals surface area contributed by atoms with Gasteiger partial charge in [0.15, 0.2) is 5.78 Å². The number of fused-ring (bicyclic) bond motifs is 1. The summed E-state index contributed by atoms with van der Waals surface area (Å²) >= 11 is 5.84. The summed E-state index contributed by atoms with van der Waals surface area (Å²) in [6.45, 7) is 2.77. The lowest BCUT2D eigenvalue weighted by atomic mass is 9.78. The maximum absolute atomic E-state index is 12.1. The first-order chi connectivity index (χ1) is 8.43. The summed E-state index contributed by atoms with van der Waals surface area (Å²) in [5.74, 6) is -1.62. The van der Waals surface area contributed by atoms with E-state index in [-0.39, 0.29) is 27.7 Å². The zero-order valence-electron chi connectivity index (χ0n) is 9.95. The van der Waals surface area contributed by atoms with Gasteiger partial charge in [-0.2, -0.15) is 0 Å². The molecule has 0 fully saturated rings. The molecule has 0 aromatic rings. The van der Waals surface area contributed by atoms with E-state index in [1.54, 1.807) is 6.08 Å². The van der Waals surface area contributed by atoms with Gasteiger partial charge in [-0.25, -0.2) is 0 Å². The molecule has 0 aliphatic heterocycles. The van der Waals surface area contributed by atoms with Crippen molar-refractivity contribution in [3.8, 4) is 0 Å². The molecule has 0 heterocycles. The fourth-order valence-electron chi connectivity index (χ4n) is 2.10. The Labute approximate surface area is 109 Å². The number of esters is 1. The summed E-state index contributed by atoms with van der Waals surface area (Å²) in [7, 11) is 0. The molecule has 0 bridgehead atoms. The van der Waals surface area contributed by atoms with Gasteiger partial charge in [-0.05, 0) is 19.4 Å². The molecule has 2 rings (SSSR count). The summed E-state index contributed by atoms with van der Waals surface area (Å²) in [5, 5.41) is -0.0915. The van der Waals surface area contributed by atoms with Crippen LogP contribution >= 0.6 is 11.6 Å². The van der Waals surface area contributed by atoms with Crippen LogP contribution in [0.1, 0.15) is 20.3 Å². The van der Waals surface area contributed by atoms with Crippen molar-refractivity contribution < 1.29 is 19.1 Å². The SMILES string of the molecule is CC(=O)OC1=C2C(=O)C(Cl)=C(C)C(=O)C2CC=C1. The highest BCUT2D eigenvalue weighted by atomic mass is 35.5. The second-order valence-corrected chi connectivity index (χ2v) is 4.57. The van der Waals surface area contributed by atoms with Gasteiger partial charge < -0.3 is 4.74 Å². The summed E-state index contributed by atoms with van der Waals surface area (Å²) in [5.41, 5.74) is 0.459. The van der Waals surface area contributed by atoms with Gasteiger partial charge in [-0.3, -0.25) is 14.4 Å². The van der Waals surface area contributed by atoms with E-state index in [0.717, 1.165) is 0 Å². The van der Waals surface area contributed by atoms with Crippen LogP contribution in [0, 0.1) is 5.92 Å². The molecule has 2 aliphatic rings. The molecule has 0 spiro atoms.